The fourth-order valence-electron chi connectivity index (χ4n) is 2.37. The van der Waals surface area contributed by atoms with Crippen LogP contribution in [0.5, 0.6) is 0 Å². The van der Waals surface area contributed by atoms with Gasteiger partial charge in [-0.25, -0.2) is 4.68 Å². The summed E-state index contributed by atoms with van der Waals surface area (Å²) in [5.41, 5.74) is 1.91. The Bertz CT molecular complexity index is 823. The quantitative estimate of drug-likeness (QED) is 0.695. The predicted octanol–water partition coefficient (Wildman–Crippen LogP) is 2.58. The van der Waals surface area contributed by atoms with Crippen LogP contribution in [0.3, 0.4) is 0 Å². The molecule has 1 fully saturated rings. The van der Waals surface area contributed by atoms with Crippen LogP contribution >= 0.6 is 0 Å². The number of nitrogens with zero attached hydrogens (tertiary/aromatic N) is 4. The van der Waals surface area contributed by atoms with Crippen molar-refractivity contribution in [2.24, 2.45) is 0 Å². The summed E-state index contributed by atoms with van der Waals surface area (Å²) in [6.07, 6.45) is 5.90. The van der Waals surface area contributed by atoms with Gasteiger partial charge < -0.3 is 4.52 Å². The van der Waals surface area contributed by atoms with E-state index in [-0.39, 0.29) is 5.75 Å². The number of benzene rings is 1. The molecule has 23 heavy (non-hydrogen) atoms. The van der Waals surface area contributed by atoms with Gasteiger partial charge in [-0.15, -0.1) is 0 Å². The number of hydrogen-bond donors (Lipinski definition) is 0. The van der Waals surface area contributed by atoms with Crippen molar-refractivity contribution in [2.75, 3.05) is 0 Å². The average molecular weight is 328 g/mol. The SMILES string of the molecule is O=S(Cc1cnn(-c2ccccc2)c1)Cc1nc(C2CC2)no1. The van der Waals surface area contributed by atoms with Crippen molar-refractivity contribution in [1.29, 1.82) is 0 Å². The minimum absolute atomic E-state index is 0.288. The van der Waals surface area contributed by atoms with Crippen LogP contribution in [0.1, 0.15) is 36.0 Å². The molecule has 7 heteroatoms. The predicted molar refractivity (Wildman–Crippen MR) is 85.4 cm³/mol. The highest BCUT2D eigenvalue weighted by Crippen LogP contribution is 2.38. The number of rotatable bonds is 6. The lowest BCUT2D eigenvalue weighted by Crippen LogP contribution is -1.99. The van der Waals surface area contributed by atoms with Gasteiger partial charge in [0, 0.05) is 28.5 Å². The van der Waals surface area contributed by atoms with Crippen LogP contribution < -0.4 is 0 Å². The minimum atomic E-state index is -1.09. The van der Waals surface area contributed by atoms with Crippen molar-refractivity contribution < 1.29 is 8.73 Å². The summed E-state index contributed by atoms with van der Waals surface area (Å²) in [5, 5.41) is 8.26. The molecule has 2 heterocycles. The van der Waals surface area contributed by atoms with E-state index in [2.05, 4.69) is 15.2 Å². The van der Waals surface area contributed by atoms with Gasteiger partial charge in [0.15, 0.2) is 5.82 Å². The molecule has 4 rings (SSSR count). The topological polar surface area (TPSA) is 73.8 Å². The van der Waals surface area contributed by atoms with Crippen molar-refractivity contribution in [2.45, 2.75) is 30.3 Å². The van der Waals surface area contributed by atoms with Gasteiger partial charge in [0.2, 0.25) is 5.89 Å². The van der Waals surface area contributed by atoms with Gasteiger partial charge in [0.1, 0.15) is 5.75 Å². The van der Waals surface area contributed by atoms with E-state index in [9.17, 15) is 4.21 Å². The van der Waals surface area contributed by atoms with Gasteiger partial charge >= 0.3 is 0 Å². The second-order valence-electron chi connectivity index (χ2n) is 5.68. The Morgan fingerprint density at radius 3 is 2.83 bits per heavy atom. The zero-order valence-corrected chi connectivity index (χ0v) is 13.3. The molecule has 0 saturated heterocycles. The molecule has 1 unspecified atom stereocenters. The van der Waals surface area contributed by atoms with Crippen molar-refractivity contribution in [3.05, 3.63) is 60.0 Å². The normalized spacial score (nSPS) is 15.7. The lowest BCUT2D eigenvalue weighted by Gasteiger charge is -1.99. The van der Waals surface area contributed by atoms with Crippen LogP contribution in [-0.2, 0) is 22.3 Å². The Morgan fingerprint density at radius 2 is 2.04 bits per heavy atom. The second-order valence-corrected chi connectivity index (χ2v) is 7.13. The Morgan fingerprint density at radius 1 is 1.22 bits per heavy atom. The molecule has 1 aliphatic carbocycles. The van der Waals surface area contributed by atoms with Crippen molar-refractivity contribution in [3.8, 4) is 5.69 Å². The Balaban J connectivity index is 1.39. The van der Waals surface area contributed by atoms with Crippen LogP contribution in [0.2, 0.25) is 0 Å². The molecule has 0 radical (unpaired) electrons. The van der Waals surface area contributed by atoms with E-state index in [0.717, 1.165) is 29.9 Å². The first kappa shape index (κ1) is 14.3. The molecule has 6 nitrogen and oxygen atoms in total. The fourth-order valence-corrected chi connectivity index (χ4v) is 3.38. The molecule has 1 aromatic carbocycles. The molecule has 0 aliphatic heterocycles. The van der Waals surface area contributed by atoms with E-state index < -0.39 is 10.8 Å². The Hall–Kier alpha value is -2.28. The van der Waals surface area contributed by atoms with Crippen molar-refractivity contribution >= 4 is 10.8 Å². The highest BCUT2D eigenvalue weighted by atomic mass is 32.2. The van der Waals surface area contributed by atoms with Gasteiger partial charge in [-0.2, -0.15) is 10.1 Å². The molecule has 0 amide bonds. The van der Waals surface area contributed by atoms with Gasteiger partial charge in [0.25, 0.3) is 0 Å². The second kappa shape index (κ2) is 6.08. The molecule has 1 saturated carbocycles. The van der Waals surface area contributed by atoms with Crippen LogP contribution in [0.4, 0.5) is 0 Å². The highest BCUT2D eigenvalue weighted by Gasteiger charge is 2.28. The third-order valence-electron chi connectivity index (χ3n) is 3.70. The average Bonchev–Trinajstić information content (AvgIpc) is 3.14. The molecule has 0 spiro atoms. The number of hydrogen-bond acceptors (Lipinski definition) is 5. The summed E-state index contributed by atoms with van der Waals surface area (Å²) in [6.45, 7) is 0. The molecule has 1 atom stereocenters. The molecule has 3 aromatic rings. The molecular weight excluding hydrogens is 312 g/mol. The van der Waals surface area contributed by atoms with Crippen molar-refractivity contribution in [3.63, 3.8) is 0 Å². The maximum absolute atomic E-state index is 12.3. The van der Waals surface area contributed by atoms with Crippen molar-refractivity contribution in [1.82, 2.24) is 19.9 Å². The van der Waals surface area contributed by atoms with Crippen LogP contribution in [0.15, 0.2) is 47.2 Å². The summed E-state index contributed by atoms with van der Waals surface area (Å²) >= 11 is 0. The minimum Gasteiger partial charge on any atom is -0.338 e. The molecule has 0 bridgehead atoms. The lowest BCUT2D eigenvalue weighted by molar-refractivity contribution is 0.384. The first-order valence-electron chi connectivity index (χ1n) is 7.54. The molecule has 1 aliphatic rings. The largest absolute Gasteiger partial charge is 0.338 e. The first-order valence-corrected chi connectivity index (χ1v) is 9.03. The lowest BCUT2D eigenvalue weighted by atomic mass is 10.3. The third kappa shape index (κ3) is 3.39. The van der Waals surface area contributed by atoms with Gasteiger partial charge in [0.05, 0.1) is 17.6 Å². The maximum Gasteiger partial charge on any atom is 0.239 e. The van der Waals surface area contributed by atoms with Crippen LogP contribution in [-0.4, -0.2) is 24.1 Å². The van der Waals surface area contributed by atoms with Gasteiger partial charge in [-0.05, 0) is 25.0 Å². The Kier molecular flexibility index (Phi) is 3.78. The van der Waals surface area contributed by atoms with E-state index in [0.29, 0.717) is 17.6 Å². The monoisotopic (exact) mass is 328 g/mol. The maximum atomic E-state index is 12.3. The van der Waals surface area contributed by atoms with Gasteiger partial charge in [-0.3, -0.25) is 4.21 Å². The summed E-state index contributed by atoms with van der Waals surface area (Å²) in [7, 11) is -1.09. The molecule has 2 aromatic heterocycles. The molecule has 118 valence electrons. The fraction of sp³-hybridized carbons (Fsp3) is 0.312. The smallest absolute Gasteiger partial charge is 0.239 e. The summed E-state index contributed by atoms with van der Waals surface area (Å²) < 4.78 is 19.2. The highest BCUT2D eigenvalue weighted by molar-refractivity contribution is 7.83. The third-order valence-corrected chi connectivity index (χ3v) is 4.92. The van der Waals surface area contributed by atoms with E-state index >= 15 is 0 Å². The molecule has 0 N–H and O–H groups in total. The van der Waals surface area contributed by atoms with E-state index in [4.69, 9.17) is 4.52 Å². The van der Waals surface area contributed by atoms with Crippen LogP contribution in [0.25, 0.3) is 5.69 Å². The standard InChI is InChI=1S/C16H16N4O2S/c21-23(11-15-18-16(19-22-15)13-6-7-13)10-12-8-17-20(9-12)14-4-2-1-3-5-14/h1-5,8-9,13H,6-7,10-11H2. The van der Waals surface area contributed by atoms with Crippen LogP contribution in [0, 0.1) is 0 Å². The molecular formula is C16H16N4O2S. The van der Waals surface area contributed by atoms with E-state index in [1.54, 1.807) is 10.9 Å². The number of para-hydroxylation sites is 1. The number of aromatic nitrogens is 4. The summed E-state index contributed by atoms with van der Waals surface area (Å²) in [5.74, 6) is 2.38. The zero-order chi connectivity index (χ0) is 15.6. The van der Waals surface area contributed by atoms with E-state index in [1.165, 1.54) is 0 Å². The summed E-state index contributed by atoms with van der Waals surface area (Å²) in [4.78, 5) is 4.31. The van der Waals surface area contributed by atoms with Gasteiger partial charge in [-0.1, -0.05) is 23.4 Å². The zero-order valence-electron chi connectivity index (χ0n) is 12.5. The first-order chi connectivity index (χ1) is 11.3. The Labute approximate surface area is 136 Å². The van der Waals surface area contributed by atoms with E-state index in [1.807, 2.05) is 36.5 Å². The summed E-state index contributed by atoms with van der Waals surface area (Å²) in [6, 6.07) is 9.84.